The predicted molar refractivity (Wildman–Crippen MR) is 153 cm³/mol. The van der Waals surface area contributed by atoms with Crippen molar-refractivity contribution in [2.75, 3.05) is 12.5 Å². The van der Waals surface area contributed by atoms with Crippen molar-refractivity contribution in [1.29, 1.82) is 0 Å². The monoisotopic (exact) mass is 563 g/mol. The lowest BCUT2D eigenvalue weighted by Gasteiger charge is -2.42. The first kappa shape index (κ1) is 30.4. The van der Waals surface area contributed by atoms with E-state index in [1.165, 1.54) is 23.3 Å². The van der Waals surface area contributed by atoms with Crippen molar-refractivity contribution in [3.63, 3.8) is 0 Å². The number of thioether (sulfide) groups is 1. The molecule has 216 valence electrons. The minimum Gasteiger partial charge on any atom is -0.368 e. The van der Waals surface area contributed by atoms with E-state index in [9.17, 15) is 13.2 Å². The van der Waals surface area contributed by atoms with E-state index >= 15 is 0 Å². The van der Waals surface area contributed by atoms with Crippen LogP contribution in [0.5, 0.6) is 0 Å². The molecule has 5 rings (SSSR count). The van der Waals surface area contributed by atoms with Crippen LogP contribution in [0.1, 0.15) is 125 Å². The molecule has 1 saturated carbocycles. The second kappa shape index (κ2) is 11.0. The average molecular weight is 564 g/mol. The molecular formula is C32H44F3NO2S. The summed E-state index contributed by atoms with van der Waals surface area (Å²) in [6.45, 7) is 12.9. The van der Waals surface area contributed by atoms with Crippen LogP contribution in [0.4, 0.5) is 13.2 Å². The third kappa shape index (κ3) is 6.20. The zero-order chi connectivity index (χ0) is 28.8. The highest BCUT2D eigenvalue weighted by Gasteiger charge is 2.53. The molecule has 0 amide bonds. The van der Waals surface area contributed by atoms with Crippen LogP contribution in [0, 0.1) is 5.41 Å². The van der Waals surface area contributed by atoms with E-state index in [2.05, 4.69) is 41.5 Å². The Balaban J connectivity index is 0.00000112. The van der Waals surface area contributed by atoms with Crippen molar-refractivity contribution in [3.8, 4) is 0 Å². The number of fused-ring (bicyclic) bond motifs is 4. The Morgan fingerprint density at radius 1 is 1.03 bits per heavy atom. The van der Waals surface area contributed by atoms with Crippen LogP contribution in [0.2, 0.25) is 0 Å². The van der Waals surface area contributed by atoms with Crippen molar-refractivity contribution in [1.82, 2.24) is 4.98 Å². The molecular weight excluding hydrogens is 519 g/mol. The van der Waals surface area contributed by atoms with Crippen molar-refractivity contribution in [3.05, 3.63) is 63.5 Å². The Hall–Kier alpha value is -1.57. The summed E-state index contributed by atoms with van der Waals surface area (Å²) >= 11 is 1.75. The highest BCUT2D eigenvalue weighted by Crippen LogP contribution is 2.59. The van der Waals surface area contributed by atoms with Gasteiger partial charge in [-0.2, -0.15) is 24.9 Å². The summed E-state index contributed by atoms with van der Waals surface area (Å²) in [4.78, 5) is 5.23. The van der Waals surface area contributed by atoms with Gasteiger partial charge in [0.25, 0.3) is 0 Å². The molecule has 2 unspecified atom stereocenters. The Morgan fingerprint density at radius 2 is 1.62 bits per heavy atom. The van der Waals surface area contributed by atoms with Crippen LogP contribution in [-0.4, -0.2) is 23.1 Å². The third-order valence-corrected chi connectivity index (χ3v) is 7.98. The maximum atomic E-state index is 13.3. The molecule has 1 aromatic heterocycles. The first-order valence-electron chi connectivity index (χ1n) is 14.1. The van der Waals surface area contributed by atoms with Gasteiger partial charge in [-0.3, -0.25) is 4.98 Å². The third-order valence-electron chi connectivity index (χ3n) is 7.98. The van der Waals surface area contributed by atoms with E-state index in [1.54, 1.807) is 23.9 Å². The van der Waals surface area contributed by atoms with Gasteiger partial charge < -0.3 is 9.47 Å². The minimum atomic E-state index is -4.36. The second-order valence-corrected chi connectivity index (χ2v) is 13.9. The highest BCUT2D eigenvalue weighted by atomic mass is 32.2. The van der Waals surface area contributed by atoms with E-state index in [4.69, 9.17) is 14.5 Å². The Morgan fingerprint density at radius 3 is 2.13 bits per heavy atom. The molecule has 2 aliphatic carbocycles. The molecule has 1 aliphatic heterocycles. The molecule has 39 heavy (non-hydrogen) atoms. The molecule has 7 heteroatoms. The fraction of sp³-hybridized carbons (Fsp3) is 0.656. The van der Waals surface area contributed by atoms with Crippen LogP contribution in [0.15, 0.2) is 24.3 Å². The number of benzene rings is 1. The van der Waals surface area contributed by atoms with Gasteiger partial charge in [0.1, 0.15) is 6.10 Å². The zero-order valence-corrected chi connectivity index (χ0v) is 25.5. The fourth-order valence-corrected chi connectivity index (χ4v) is 6.64. The van der Waals surface area contributed by atoms with Gasteiger partial charge in [0.15, 0.2) is 0 Å². The molecule has 2 heterocycles. The average Bonchev–Trinajstić information content (AvgIpc) is 3.42. The number of halogens is 3. The number of rotatable bonds is 3. The summed E-state index contributed by atoms with van der Waals surface area (Å²) in [5.41, 5.74) is 5.04. The summed E-state index contributed by atoms with van der Waals surface area (Å²) in [7, 11) is 0. The highest BCUT2D eigenvalue weighted by molar-refractivity contribution is 7.97. The Bertz CT molecular complexity index is 1160. The van der Waals surface area contributed by atoms with Gasteiger partial charge >= 0.3 is 6.18 Å². The maximum absolute atomic E-state index is 13.3. The molecule has 0 bridgehead atoms. The predicted octanol–water partition coefficient (Wildman–Crippen LogP) is 9.36. The van der Waals surface area contributed by atoms with Crippen molar-refractivity contribution >= 4 is 11.8 Å². The molecule has 3 nitrogen and oxygen atoms in total. The largest absolute Gasteiger partial charge is 0.416 e. The molecule has 2 aromatic rings. The van der Waals surface area contributed by atoms with Crippen LogP contribution >= 0.6 is 11.8 Å². The van der Waals surface area contributed by atoms with Gasteiger partial charge in [0, 0.05) is 22.5 Å². The maximum Gasteiger partial charge on any atom is 0.416 e. The zero-order valence-electron chi connectivity index (χ0n) is 24.7. The molecule has 0 N–H and O–H groups in total. The Kier molecular flexibility index (Phi) is 8.58. The van der Waals surface area contributed by atoms with E-state index in [-0.39, 0.29) is 17.1 Å². The lowest BCUT2D eigenvalue weighted by atomic mass is 9.70. The number of aryl methyl sites for hydroxylation is 1. The normalized spacial score (nSPS) is 23.3. The number of nitrogens with zero attached hydrogens (tertiary/aromatic N) is 1. The molecule has 1 aromatic carbocycles. The molecule has 0 radical (unpaired) electrons. The Labute approximate surface area is 236 Å². The molecule has 0 saturated heterocycles. The lowest BCUT2D eigenvalue weighted by Crippen LogP contribution is -2.35. The van der Waals surface area contributed by atoms with E-state index < -0.39 is 23.4 Å². The van der Waals surface area contributed by atoms with Gasteiger partial charge in [-0.05, 0) is 94.1 Å². The van der Waals surface area contributed by atoms with Gasteiger partial charge in [-0.1, -0.05) is 45.7 Å². The number of hydrogen-bond donors (Lipinski definition) is 0. The van der Waals surface area contributed by atoms with Gasteiger partial charge in [0.05, 0.1) is 22.9 Å². The number of pyridine rings is 1. The fourth-order valence-electron chi connectivity index (χ4n) is 6.64. The van der Waals surface area contributed by atoms with Crippen LogP contribution in [-0.2, 0) is 34.1 Å². The SMILES string of the molecule is CCc1nc2c(c3c1C(c1ccc(C(F)(F)F)cc1)OC31CCCC1)C(OC(C)(C)C)CC(C)(C)C2.CSC. The van der Waals surface area contributed by atoms with Crippen LogP contribution in [0.25, 0.3) is 0 Å². The number of hydrogen-bond acceptors (Lipinski definition) is 4. The number of alkyl halides is 3. The smallest absolute Gasteiger partial charge is 0.368 e. The van der Waals surface area contributed by atoms with E-state index in [0.717, 1.165) is 67.5 Å². The summed E-state index contributed by atoms with van der Waals surface area (Å²) in [6, 6.07) is 5.50. The van der Waals surface area contributed by atoms with Gasteiger partial charge in [-0.25, -0.2) is 0 Å². The molecule has 2 atom stereocenters. The lowest BCUT2D eigenvalue weighted by molar-refractivity contribution is -0.137. The van der Waals surface area contributed by atoms with Crippen molar-refractivity contribution < 1.29 is 22.6 Å². The summed E-state index contributed by atoms with van der Waals surface area (Å²) in [5.74, 6) is 0. The number of aromatic nitrogens is 1. The summed E-state index contributed by atoms with van der Waals surface area (Å²) < 4.78 is 53.5. The van der Waals surface area contributed by atoms with E-state index in [1.807, 2.05) is 12.5 Å². The standard InChI is InChI=1S/C30H38F3NO2.C2H6S/c1-7-20-24-25(23-21(34-20)16-28(5,6)17-22(23)35-27(2,3)4)29(14-8-9-15-29)36-26(24)18-10-12-19(13-11-18)30(31,32)33;1-3-2/h10-13,22,26H,7-9,14-17H2,1-6H3;1-2H3. The van der Waals surface area contributed by atoms with E-state index in [0.29, 0.717) is 0 Å². The minimum absolute atomic E-state index is 0.0598. The summed E-state index contributed by atoms with van der Waals surface area (Å²) in [5, 5.41) is 0. The number of ether oxygens (including phenoxy) is 2. The van der Waals surface area contributed by atoms with Crippen molar-refractivity contribution in [2.24, 2.45) is 5.41 Å². The molecule has 1 spiro atoms. The quantitative estimate of drug-likeness (QED) is 0.372. The molecule has 3 aliphatic rings. The van der Waals surface area contributed by atoms with Crippen molar-refractivity contribution in [2.45, 2.75) is 116 Å². The molecule has 1 fully saturated rings. The summed E-state index contributed by atoms with van der Waals surface area (Å²) in [6.07, 6.45) is 5.73. The topological polar surface area (TPSA) is 31.4 Å². The first-order valence-corrected chi connectivity index (χ1v) is 15.8. The first-order chi connectivity index (χ1) is 18.1. The van der Waals surface area contributed by atoms with Gasteiger partial charge in [0.2, 0.25) is 0 Å². The van der Waals surface area contributed by atoms with Gasteiger partial charge in [-0.15, -0.1) is 0 Å². The van der Waals surface area contributed by atoms with Crippen LogP contribution in [0.3, 0.4) is 0 Å². The second-order valence-electron chi connectivity index (χ2n) is 13.1. The van der Waals surface area contributed by atoms with Crippen LogP contribution < -0.4 is 0 Å².